The summed E-state index contributed by atoms with van der Waals surface area (Å²) in [5.74, 6) is -4.53. The molecule has 0 aliphatic heterocycles. The molecule has 1 aliphatic carbocycles. The smallest absolute Gasteiger partial charge is 0.336 e. The highest BCUT2D eigenvalue weighted by molar-refractivity contribution is 6.04. The molecule has 0 aromatic heterocycles. The van der Waals surface area contributed by atoms with E-state index in [9.17, 15) is 18.4 Å². The van der Waals surface area contributed by atoms with Crippen LogP contribution in [0, 0.1) is 11.6 Å². The molecule has 0 radical (unpaired) electrons. The molecule has 1 aliphatic rings. The number of nitrogens with zero attached hydrogens (tertiary/aromatic N) is 1. The van der Waals surface area contributed by atoms with Crippen LogP contribution in [0.3, 0.4) is 0 Å². The molecule has 6 heteroatoms. The standard InChI is InChI=1S/C15H17F2NO3/c1-18(9-5-3-2-4-6-9)14(19)10-7-12(16)13(17)8-11(10)15(20)21/h7-9H,2-6H2,1H3,(H,20,21). The normalized spacial score (nSPS) is 15.8. The Morgan fingerprint density at radius 3 is 2.14 bits per heavy atom. The summed E-state index contributed by atoms with van der Waals surface area (Å²) < 4.78 is 26.5. The van der Waals surface area contributed by atoms with E-state index >= 15 is 0 Å². The molecule has 21 heavy (non-hydrogen) atoms. The van der Waals surface area contributed by atoms with Gasteiger partial charge in [0.05, 0.1) is 11.1 Å². The largest absolute Gasteiger partial charge is 0.478 e. The van der Waals surface area contributed by atoms with E-state index in [-0.39, 0.29) is 11.6 Å². The zero-order valence-electron chi connectivity index (χ0n) is 11.7. The van der Waals surface area contributed by atoms with Crippen molar-refractivity contribution in [1.29, 1.82) is 0 Å². The van der Waals surface area contributed by atoms with Crippen molar-refractivity contribution in [2.45, 2.75) is 38.1 Å². The average Bonchev–Trinajstić information content (AvgIpc) is 2.48. The van der Waals surface area contributed by atoms with Crippen molar-refractivity contribution in [2.24, 2.45) is 0 Å². The minimum absolute atomic E-state index is 0.0148. The van der Waals surface area contributed by atoms with Gasteiger partial charge in [-0.2, -0.15) is 0 Å². The van der Waals surface area contributed by atoms with E-state index in [1.54, 1.807) is 7.05 Å². The molecule has 0 unspecified atom stereocenters. The molecule has 0 atom stereocenters. The van der Waals surface area contributed by atoms with Crippen molar-refractivity contribution >= 4 is 11.9 Å². The van der Waals surface area contributed by atoms with Crippen LogP contribution in [0.5, 0.6) is 0 Å². The van der Waals surface area contributed by atoms with Gasteiger partial charge < -0.3 is 10.0 Å². The van der Waals surface area contributed by atoms with Crippen LogP contribution in [0.4, 0.5) is 8.78 Å². The molecule has 2 rings (SSSR count). The zero-order valence-corrected chi connectivity index (χ0v) is 11.7. The van der Waals surface area contributed by atoms with E-state index < -0.39 is 29.1 Å². The fourth-order valence-electron chi connectivity index (χ4n) is 2.72. The van der Waals surface area contributed by atoms with Crippen molar-refractivity contribution < 1.29 is 23.5 Å². The number of carbonyl (C=O) groups excluding carboxylic acids is 1. The molecule has 0 heterocycles. The molecular weight excluding hydrogens is 280 g/mol. The molecule has 1 amide bonds. The van der Waals surface area contributed by atoms with Gasteiger partial charge in [0.15, 0.2) is 11.6 Å². The van der Waals surface area contributed by atoms with Crippen molar-refractivity contribution in [3.05, 3.63) is 34.9 Å². The van der Waals surface area contributed by atoms with E-state index in [1.165, 1.54) is 4.90 Å². The lowest BCUT2D eigenvalue weighted by Crippen LogP contribution is -2.39. The van der Waals surface area contributed by atoms with Crippen LogP contribution in [0.25, 0.3) is 0 Å². The van der Waals surface area contributed by atoms with Gasteiger partial charge in [-0.1, -0.05) is 19.3 Å². The molecule has 1 N–H and O–H groups in total. The molecular formula is C15H17F2NO3. The highest BCUT2D eigenvalue weighted by Gasteiger charge is 2.27. The Hall–Kier alpha value is -1.98. The van der Waals surface area contributed by atoms with Crippen molar-refractivity contribution in [1.82, 2.24) is 4.90 Å². The van der Waals surface area contributed by atoms with Crippen molar-refractivity contribution in [3.8, 4) is 0 Å². The van der Waals surface area contributed by atoms with Crippen LogP contribution < -0.4 is 0 Å². The Morgan fingerprint density at radius 2 is 1.62 bits per heavy atom. The monoisotopic (exact) mass is 297 g/mol. The summed E-state index contributed by atoms with van der Waals surface area (Å²) in [6, 6.07) is 1.24. The third-order valence-electron chi connectivity index (χ3n) is 3.96. The minimum Gasteiger partial charge on any atom is -0.478 e. The fourth-order valence-corrected chi connectivity index (χ4v) is 2.72. The molecule has 1 saturated carbocycles. The van der Waals surface area contributed by atoms with E-state index in [0.29, 0.717) is 12.1 Å². The predicted octanol–water partition coefficient (Wildman–Crippen LogP) is 3.07. The highest BCUT2D eigenvalue weighted by atomic mass is 19.2. The van der Waals surface area contributed by atoms with Crippen molar-refractivity contribution in [3.63, 3.8) is 0 Å². The van der Waals surface area contributed by atoms with Gasteiger partial charge in [-0.3, -0.25) is 4.79 Å². The highest BCUT2D eigenvalue weighted by Crippen LogP contribution is 2.24. The van der Waals surface area contributed by atoms with Gasteiger partial charge in [-0.05, 0) is 25.0 Å². The van der Waals surface area contributed by atoms with Crippen LogP contribution in [0.1, 0.15) is 52.8 Å². The Kier molecular flexibility index (Phi) is 4.55. The van der Waals surface area contributed by atoms with E-state index in [4.69, 9.17) is 5.11 Å². The number of hydrogen-bond acceptors (Lipinski definition) is 2. The first-order chi connectivity index (χ1) is 9.91. The maximum Gasteiger partial charge on any atom is 0.336 e. The number of amides is 1. The lowest BCUT2D eigenvalue weighted by Gasteiger charge is -2.31. The summed E-state index contributed by atoms with van der Waals surface area (Å²) in [6.07, 6.45) is 4.81. The van der Waals surface area contributed by atoms with Gasteiger partial charge in [0, 0.05) is 13.1 Å². The van der Waals surface area contributed by atoms with Gasteiger partial charge in [0.25, 0.3) is 5.91 Å². The van der Waals surface area contributed by atoms with Gasteiger partial charge in [-0.15, -0.1) is 0 Å². The first kappa shape index (κ1) is 15.4. The van der Waals surface area contributed by atoms with E-state index in [1.807, 2.05) is 0 Å². The van der Waals surface area contributed by atoms with E-state index in [2.05, 4.69) is 0 Å². The third kappa shape index (κ3) is 3.20. The number of hydrogen-bond donors (Lipinski definition) is 1. The lowest BCUT2D eigenvalue weighted by molar-refractivity contribution is 0.0653. The molecule has 1 fully saturated rings. The Labute approximate surface area is 121 Å². The first-order valence-corrected chi connectivity index (χ1v) is 6.91. The van der Waals surface area contributed by atoms with Gasteiger partial charge >= 0.3 is 5.97 Å². The topological polar surface area (TPSA) is 57.6 Å². The molecule has 1 aromatic carbocycles. The Balaban J connectivity index is 2.33. The van der Waals surface area contributed by atoms with Gasteiger partial charge in [-0.25, -0.2) is 13.6 Å². The maximum atomic E-state index is 13.3. The number of carboxylic acids is 1. The summed E-state index contributed by atoms with van der Waals surface area (Å²) in [6.45, 7) is 0. The molecule has 114 valence electrons. The molecule has 4 nitrogen and oxygen atoms in total. The number of carbonyl (C=O) groups is 2. The summed E-state index contributed by atoms with van der Waals surface area (Å²) in [7, 11) is 1.57. The summed E-state index contributed by atoms with van der Waals surface area (Å²) in [5.41, 5.74) is -0.823. The fraction of sp³-hybridized carbons (Fsp3) is 0.467. The number of benzene rings is 1. The number of halogens is 2. The third-order valence-corrected chi connectivity index (χ3v) is 3.96. The minimum atomic E-state index is -1.45. The summed E-state index contributed by atoms with van der Waals surface area (Å²) >= 11 is 0. The first-order valence-electron chi connectivity index (χ1n) is 6.91. The second kappa shape index (κ2) is 6.20. The molecule has 0 saturated heterocycles. The number of carboxylic acid groups (broad SMARTS) is 1. The van der Waals surface area contributed by atoms with Crippen LogP contribution in [-0.4, -0.2) is 35.0 Å². The second-order valence-electron chi connectivity index (χ2n) is 5.32. The van der Waals surface area contributed by atoms with Crippen LogP contribution in [0.15, 0.2) is 12.1 Å². The van der Waals surface area contributed by atoms with Crippen LogP contribution in [-0.2, 0) is 0 Å². The second-order valence-corrected chi connectivity index (χ2v) is 5.32. The lowest BCUT2D eigenvalue weighted by atomic mass is 9.93. The average molecular weight is 297 g/mol. The molecule has 1 aromatic rings. The quantitative estimate of drug-likeness (QED) is 0.932. The summed E-state index contributed by atoms with van der Waals surface area (Å²) in [5, 5.41) is 9.06. The number of rotatable bonds is 3. The van der Waals surface area contributed by atoms with Crippen molar-refractivity contribution in [2.75, 3.05) is 7.05 Å². The van der Waals surface area contributed by atoms with Gasteiger partial charge in [0.2, 0.25) is 0 Å². The maximum absolute atomic E-state index is 13.3. The number of aromatic carboxylic acids is 1. The molecule has 0 spiro atoms. The van der Waals surface area contributed by atoms with Gasteiger partial charge in [0.1, 0.15) is 0 Å². The Morgan fingerprint density at radius 1 is 1.10 bits per heavy atom. The Bertz CT molecular complexity index is 568. The summed E-state index contributed by atoms with van der Waals surface area (Å²) in [4.78, 5) is 25.0. The SMILES string of the molecule is CN(C(=O)c1cc(F)c(F)cc1C(=O)O)C1CCCCC1. The van der Waals surface area contributed by atoms with E-state index in [0.717, 1.165) is 32.1 Å². The zero-order chi connectivity index (χ0) is 15.6. The van der Waals surface area contributed by atoms with Crippen LogP contribution in [0.2, 0.25) is 0 Å². The molecule has 0 bridgehead atoms. The predicted molar refractivity (Wildman–Crippen MR) is 72.3 cm³/mol. The van der Waals surface area contributed by atoms with Crippen LogP contribution >= 0.6 is 0 Å².